The van der Waals surface area contributed by atoms with E-state index in [1.807, 2.05) is 31.2 Å². The van der Waals surface area contributed by atoms with E-state index < -0.39 is 5.91 Å². The van der Waals surface area contributed by atoms with Crippen LogP contribution in [-0.2, 0) is 11.2 Å². The molecule has 0 saturated carbocycles. The first-order valence-corrected chi connectivity index (χ1v) is 7.00. The Bertz CT molecular complexity index is 683. The summed E-state index contributed by atoms with van der Waals surface area (Å²) in [7, 11) is 0. The Morgan fingerprint density at radius 3 is 2.64 bits per heavy atom. The lowest BCUT2D eigenvalue weighted by atomic mass is 10.1. The minimum atomic E-state index is -0.538. The van der Waals surface area contributed by atoms with Gasteiger partial charge in [0, 0.05) is 11.3 Å². The molecule has 0 spiro atoms. The van der Waals surface area contributed by atoms with E-state index in [0.717, 1.165) is 12.0 Å². The predicted molar refractivity (Wildman–Crippen MR) is 84.9 cm³/mol. The fourth-order valence-corrected chi connectivity index (χ4v) is 2.03. The van der Waals surface area contributed by atoms with Gasteiger partial charge in [0.25, 0.3) is 5.91 Å². The van der Waals surface area contributed by atoms with Gasteiger partial charge in [0.2, 0.25) is 5.91 Å². The smallest absolute Gasteiger partial charge is 0.262 e. The lowest BCUT2D eigenvalue weighted by Crippen LogP contribution is -2.21. The van der Waals surface area contributed by atoms with Crippen LogP contribution in [0.1, 0.15) is 22.8 Å². The second-order valence-corrected chi connectivity index (χ2v) is 4.74. The summed E-state index contributed by atoms with van der Waals surface area (Å²) in [4.78, 5) is 23.0. The molecular weight excluding hydrogens is 280 g/mol. The third kappa shape index (κ3) is 4.09. The van der Waals surface area contributed by atoms with Crippen LogP contribution in [0.15, 0.2) is 48.5 Å². The van der Waals surface area contributed by atoms with Crippen LogP contribution in [0.4, 0.5) is 5.69 Å². The van der Waals surface area contributed by atoms with Crippen LogP contribution < -0.4 is 15.8 Å². The Kier molecular flexibility index (Phi) is 5.14. The molecule has 5 nitrogen and oxygen atoms in total. The molecule has 0 aromatic heterocycles. The molecule has 114 valence electrons. The molecule has 0 fully saturated rings. The SMILES string of the molecule is CCc1ccccc1OCC(=O)Nc1cccc(C(N)=O)c1. The minimum absolute atomic E-state index is 0.0994. The molecule has 2 aromatic rings. The highest BCUT2D eigenvalue weighted by molar-refractivity contribution is 5.96. The van der Waals surface area contributed by atoms with Gasteiger partial charge in [-0.3, -0.25) is 9.59 Å². The number of amides is 2. The zero-order valence-corrected chi connectivity index (χ0v) is 12.3. The predicted octanol–water partition coefficient (Wildman–Crippen LogP) is 2.37. The Hall–Kier alpha value is -2.82. The van der Waals surface area contributed by atoms with Crippen LogP contribution in [0.25, 0.3) is 0 Å². The summed E-state index contributed by atoms with van der Waals surface area (Å²) < 4.78 is 5.54. The Morgan fingerprint density at radius 1 is 1.14 bits per heavy atom. The lowest BCUT2D eigenvalue weighted by Gasteiger charge is -2.10. The van der Waals surface area contributed by atoms with Crippen molar-refractivity contribution in [3.63, 3.8) is 0 Å². The summed E-state index contributed by atoms with van der Waals surface area (Å²) in [5, 5.41) is 2.67. The lowest BCUT2D eigenvalue weighted by molar-refractivity contribution is -0.118. The average molecular weight is 298 g/mol. The van der Waals surface area contributed by atoms with Gasteiger partial charge >= 0.3 is 0 Å². The maximum atomic E-state index is 11.9. The number of hydrogen-bond acceptors (Lipinski definition) is 3. The van der Waals surface area contributed by atoms with Crippen LogP contribution in [0, 0.1) is 0 Å². The van der Waals surface area contributed by atoms with E-state index in [0.29, 0.717) is 17.0 Å². The van der Waals surface area contributed by atoms with Crippen LogP contribution in [-0.4, -0.2) is 18.4 Å². The van der Waals surface area contributed by atoms with Gasteiger partial charge in [-0.05, 0) is 36.2 Å². The standard InChI is InChI=1S/C17H18N2O3/c1-2-12-6-3-4-9-15(12)22-11-16(20)19-14-8-5-7-13(10-14)17(18)21/h3-10H,2,11H2,1H3,(H2,18,21)(H,19,20). The zero-order chi connectivity index (χ0) is 15.9. The van der Waals surface area contributed by atoms with Gasteiger partial charge < -0.3 is 15.8 Å². The molecule has 0 heterocycles. The van der Waals surface area contributed by atoms with Crippen LogP contribution in [0.2, 0.25) is 0 Å². The van der Waals surface area contributed by atoms with E-state index in [2.05, 4.69) is 5.32 Å². The molecule has 0 aliphatic carbocycles. The normalized spacial score (nSPS) is 10.0. The summed E-state index contributed by atoms with van der Waals surface area (Å²) >= 11 is 0. The quantitative estimate of drug-likeness (QED) is 0.859. The number of nitrogens with one attached hydrogen (secondary N) is 1. The highest BCUT2D eigenvalue weighted by Crippen LogP contribution is 2.18. The van der Waals surface area contributed by atoms with E-state index in [-0.39, 0.29) is 12.5 Å². The highest BCUT2D eigenvalue weighted by Gasteiger charge is 2.07. The maximum Gasteiger partial charge on any atom is 0.262 e. The molecule has 2 aromatic carbocycles. The molecule has 0 saturated heterocycles. The van der Waals surface area contributed by atoms with Gasteiger partial charge in [-0.2, -0.15) is 0 Å². The first kappa shape index (κ1) is 15.6. The number of carbonyl (C=O) groups excluding carboxylic acids is 2. The van der Waals surface area contributed by atoms with E-state index in [1.165, 1.54) is 6.07 Å². The van der Waals surface area contributed by atoms with Crippen molar-refractivity contribution in [3.8, 4) is 5.75 Å². The molecule has 3 N–H and O–H groups in total. The van der Waals surface area contributed by atoms with E-state index in [9.17, 15) is 9.59 Å². The summed E-state index contributed by atoms with van der Waals surface area (Å²) in [6.45, 7) is 1.93. The van der Waals surface area contributed by atoms with Gasteiger partial charge in [-0.25, -0.2) is 0 Å². The summed E-state index contributed by atoms with van der Waals surface area (Å²) in [6.07, 6.45) is 0.832. The van der Waals surface area contributed by atoms with Crippen molar-refractivity contribution < 1.29 is 14.3 Å². The number of para-hydroxylation sites is 1. The highest BCUT2D eigenvalue weighted by atomic mass is 16.5. The third-order valence-corrected chi connectivity index (χ3v) is 3.14. The van der Waals surface area contributed by atoms with E-state index in [1.54, 1.807) is 18.2 Å². The maximum absolute atomic E-state index is 11.9. The molecule has 0 aliphatic heterocycles. The van der Waals surface area contributed by atoms with E-state index >= 15 is 0 Å². The van der Waals surface area contributed by atoms with Crippen LogP contribution >= 0.6 is 0 Å². The number of aryl methyl sites for hydroxylation is 1. The van der Waals surface area contributed by atoms with Crippen molar-refractivity contribution in [3.05, 3.63) is 59.7 Å². The molecule has 0 unspecified atom stereocenters. The second kappa shape index (κ2) is 7.26. The van der Waals surface area contributed by atoms with Gasteiger partial charge in [-0.1, -0.05) is 31.2 Å². The average Bonchev–Trinajstić information content (AvgIpc) is 2.53. The number of anilines is 1. The van der Waals surface area contributed by atoms with Crippen molar-refractivity contribution in [2.45, 2.75) is 13.3 Å². The Morgan fingerprint density at radius 2 is 1.91 bits per heavy atom. The van der Waals surface area contributed by atoms with Crippen molar-refractivity contribution in [2.24, 2.45) is 5.73 Å². The first-order valence-electron chi connectivity index (χ1n) is 7.00. The largest absolute Gasteiger partial charge is 0.483 e. The molecule has 0 atom stereocenters. The topological polar surface area (TPSA) is 81.4 Å². The number of nitrogens with two attached hydrogens (primary N) is 1. The minimum Gasteiger partial charge on any atom is -0.483 e. The number of benzene rings is 2. The van der Waals surface area contributed by atoms with Crippen molar-refractivity contribution in [1.82, 2.24) is 0 Å². The molecule has 22 heavy (non-hydrogen) atoms. The van der Waals surface area contributed by atoms with Crippen molar-refractivity contribution >= 4 is 17.5 Å². The van der Waals surface area contributed by atoms with Crippen molar-refractivity contribution in [2.75, 3.05) is 11.9 Å². The molecule has 2 rings (SSSR count). The monoisotopic (exact) mass is 298 g/mol. The Labute approximate surface area is 129 Å². The number of hydrogen-bond donors (Lipinski definition) is 2. The van der Waals surface area contributed by atoms with Gasteiger partial charge in [0.05, 0.1) is 0 Å². The molecule has 0 radical (unpaired) electrons. The van der Waals surface area contributed by atoms with Gasteiger partial charge in [0.1, 0.15) is 5.75 Å². The van der Waals surface area contributed by atoms with Gasteiger partial charge in [-0.15, -0.1) is 0 Å². The fourth-order valence-electron chi connectivity index (χ4n) is 2.03. The number of rotatable bonds is 6. The summed E-state index contributed by atoms with van der Waals surface area (Å²) in [5.74, 6) is -0.136. The molecule has 0 bridgehead atoms. The molecule has 5 heteroatoms. The molecule has 0 aliphatic rings. The number of ether oxygens (including phenoxy) is 1. The first-order chi connectivity index (χ1) is 10.6. The Balaban J connectivity index is 1.96. The van der Waals surface area contributed by atoms with Crippen molar-refractivity contribution in [1.29, 1.82) is 0 Å². The second-order valence-electron chi connectivity index (χ2n) is 4.74. The fraction of sp³-hybridized carbons (Fsp3) is 0.176. The summed E-state index contributed by atoms with van der Waals surface area (Å²) in [5.41, 5.74) is 7.10. The third-order valence-electron chi connectivity index (χ3n) is 3.14. The van der Waals surface area contributed by atoms with Crippen LogP contribution in [0.5, 0.6) is 5.75 Å². The number of primary amides is 1. The molecule has 2 amide bonds. The molecular formula is C17H18N2O3. The van der Waals surface area contributed by atoms with Crippen LogP contribution in [0.3, 0.4) is 0 Å². The van der Waals surface area contributed by atoms with Gasteiger partial charge in [0.15, 0.2) is 6.61 Å². The summed E-state index contributed by atoms with van der Waals surface area (Å²) in [6, 6.07) is 14.0. The zero-order valence-electron chi connectivity index (χ0n) is 12.3. The van der Waals surface area contributed by atoms with E-state index in [4.69, 9.17) is 10.5 Å². The number of carbonyl (C=O) groups is 2.